The Hall–Kier alpha value is -0.860. The van der Waals surface area contributed by atoms with Gasteiger partial charge in [-0.3, -0.25) is 9.79 Å². The van der Waals surface area contributed by atoms with Gasteiger partial charge >= 0.3 is 0 Å². The van der Waals surface area contributed by atoms with Crippen molar-refractivity contribution in [3.8, 4) is 0 Å². The Bertz CT molecular complexity index is 217. The van der Waals surface area contributed by atoms with Crippen molar-refractivity contribution in [1.82, 2.24) is 0 Å². The highest BCUT2D eigenvalue weighted by Gasteiger charge is 2.29. The van der Waals surface area contributed by atoms with Crippen LogP contribution in [-0.2, 0) is 4.79 Å². The minimum atomic E-state index is -0.632. The molecule has 0 aromatic carbocycles. The number of hydrogen-bond donors (Lipinski definition) is 1. The van der Waals surface area contributed by atoms with Crippen molar-refractivity contribution in [3.05, 3.63) is 0 Å². The monoisotopic (exact) mass is 184 g/mol. The van der Waals surface area contributed by atoms with Crippen LogP contribution in [0.3, 0.4) is 0 Å². The molecule has 0 bridgehead atoms. The summed E-state index contributed by atoms with van der Waals surface area (Å²) in [6.45, 7) is 9.26. The van der Waals surface area contributed by atoms with Crippen molar-refractivity contribution in [1.29, 1.82) is 0 Å². The zero-order valence-electron chi connectivity index (χ0n) is 9.22. The highest BCUT2D eigenvalue weighted by atomic mass is 16.1. The van der Waals surface area contributed by atoms with E-state index in [9.17, 15) is 4.79 Å². The highest BCUT2D eigenvalue weighted by Crippen LogP contribution is 2.22. The Morgan fingerprint density at radius 2 is 1.92 bits per heavy atom. The summed E-state index contributed by atoms with van der Waals surface area (Å²) >= 11 is 0. The predicted molar refractivity (Wildman–Crippen MR) is 55.8 cm³/mol. The maximum absolute atomic E-state index is 11.4. The lowest BCUT2D eigenvalue weighted by Crippen LogP contribution is -2.35. The Balaban J connectivity index is 4.74. The maximum atomic E-state index is 11.4. The molecule has 0 saturated carbocycles. The van der Waals surface area contributed by atoms with Crippen LogP contribution >= 0.6 is 0 Å². The molecule has 0 aliphatic rings. The second-order valence-electron chi connectivity index (χ2n) is 4.18. The lowest BCUT2D eigenvalue weighted by atomic mass is 9.88. The molecule has 0 aromatic heterocycles. The number of nitrogens with zero attached hydrogens (tertiary/aromatic N) is 1. The van der Waals surface area contributed by atoms with Crippen molar-refractivity contribution in [2.45, 2.75) is 46.6 Å². The van der Waals surface area contributed by atoms with Gasteiger partial charge in [-0.05, 0) is 33.1 Å². The molecule has 0 aliphatic heterocycles. The first-order chi connectivity index (χ1) is 5.78. The molecule has 0 spiro atoms. The molecule has 0 heterocycles. The van der Waals surface area contributed by atoms with Crippen molar-refractivity contribution < 1.29 is 4.79 Å². The number of aliphatic imine (C=N–C) groups is 1. The summed E-state index contributed by atoms with van der Waals surface area (Å²) in [5.41, 5.74) is 4.86. The molecular formula is C10H20N2O. The topological polar surface area (TPSA) is 55.5 Å². The molecule has 76 valence electrons. The minimum Gasteiger partial charge on any atom is -0.388 e. The summed E-state index contributed by atoms with van der Waals surface area (Å²) in [5.74, 6) is 0.987. The first-order valence-corrected chi connectivity index (χ1v) is 4.61. The predicted octanol–water partition coefficient (Wildman–Crippen LogP) is 1.76. The van der Waals surface area contributed by atoms with Crippen LogP contribution in [0.5, 0.6) is 0 Å². The fourth-order valence-electron chi connectivity index (χ4n) is 1.45. The second-order valence-corrected chi connectivity index (χ2v) is 4.18. The summed E-state index contributed by atoms with van der Waals surface area (Å²) in [4.78, 5) is 15.6. The molecule has 0 saturated heterocycles. The third-order valence-corrected chi connectivity index (χ3v) is 1.99. The molecule has 0 fully saturated rings. The van der Waals surface area contributed by atoms with E-state index in [1.807, 2.05) is 6.92 Å². The molecular weight excluding hydrogens is 164 g/mol. The van der Waals surface area contributed by atoms with E-state index >= 15 is 0 Å². The van der Waals surface area contributed by atoms with E-state index in [2.05, 4.69) is 18.8 Å². The van der Waals surface area contributed by atoms with E-state index in [1.54, 1.807) is 13.8 Å². The summed E-state index contributed by atoms with van der Waals surface area (Å²) in [6, 6.07) is 0. The number of Topliss-reactive ketones (excluding diaryl/α,β-unsaturated/α-hetero) is 1. The van der Waals surface area contributed by atoms with Gasteiger partial charge < -0.3 is 5.73 Å². The fourth-order valence-corrected chi connectivity index (χ4v) is 1.45. The standard InChI is InChI=1S/C10H20N2O/c1-7(2)6-10(5,8(3)13)12-9(4)11/h7H,6H2,1-5H3,(H2,11,12). The van der Waals surface area contributed by atoms with Crippen LogP contribution in [0.4, 0.5) is 0 Å². The molecule has 3 heteroatoms. The quantitative estimate of drug-likeness (QED) is 0.534. The maximum Gasteiger partial charge on any atom is 0.157 e. The van der Waals surface area contributed by atoms with Gasteiger partial charge in [0.25, 0.3) is 0 Å². The van der Waals surface area contributed by atoms with E-state index in [1.165, 1.54) is 0 Å². The van der Waals surface area contributed by atoms with E-state index in [0.29, 0.717) is 11.8 Å². The molecule has 0 aromatic rings. The first-order valence-electron chi connectivity index (χ1n) is 4.61. The Labute approximate surface area is 80.4 Å². The molecule has 2 N–H and O–H groups in total. The van der Waals surface area contributed by atoms with E-state index in [4.69, 9.17) is 5.73 Å². The van der Waals surface area contributed by atoms with Gasteiger partial charge in [0.15, 0.2) is 5.78 Å². The van der Waals surface area contributed by atoms with Crippen LogP contribution in [0, 0.1) is 5.92 Å². The van der Waals surface area contributed by atoms with Gasteiger partial charge in [0.2, 0.25) is 0 Å². The molecule has 0 amide bonds. The second kappa shape index (κ2) is 4.40. The fraction of sp³-hybridized carbons (Fsp3) is 0.800. The summed E-state index contributed by atoms with van der Waals surface area (Å²) in [7, 11) is 0. The molecule has 1 atom stereocenters. The lowest BCUT2D eigenvalue weighted by molar-refractivity contribution is -0.121. The Morgan fingerprint density at radius 1 is 1.46 bits per heavy atom. The third kappa shape index (κ3) is 4.06. The Kier molecular flexibility index (Phi) is 4.11. The van der Waals surface area contributed by atoms with Crippen molar-refractivity contribution in [2.75, 3.05) is 0 Å². The van der Waals surface area contributed by atoms with Crippen molar-refractivity contribution in [3.63, 3.8) is 0 Å². The van der Waals surface area contributed by atoms with Gasteiger partial charge in [0.1, 0.15) is 5.54 Å². The normalized spacial score (nSPS) is 17.2. The van der Waals surface area contributed by atoms with Crippen molar-refractivity contribution in [2.24, 2.45) is 16.6 Å². The zero-order valence-corrected chi connectivity index (χ0v) is 9.22. The average Bonchev–Trinajstić information content (AvgIpc) is 1.82. The van der Waals surface area contributed by atoms with Gasteiger partial charge in [0.05, 0.1) is 5.84 Å². The van der Waals surface area contributed by atoms with Crippen LogP contribution < -0.4 is 5.73 Å². The van der Waals surface area contributed by atoms with E-state index in [0.717, 1.165) is 6.42 Å². The lowest BCUT2D eigenvalue weighted by Gasteiger charge is -2.24. The van der Waals surface area contributed by atoms with Gasteiger partial charge in [0, 0.05) is 0 Å². The van der Waals surface area contributed by atoms with Gasteiger partial charge in [-0.2, -0.15) is 0 Å². The SMILES string of the molecule is CC(=O)C(C)(CC(C)C)N=C(C)N. The van der Waals surface area contributed by atoms with E-state index < -0.39 is 5.54 Å². The minimum absolute atomic E-state index is 0.0750. The van der Waals surface area contributed by atoms with Gasteiger partial charge in [-0.15, -0.1) is 0 Å². The molecule has 13 heavy (non-hydrogen) atoms. The highest BCUT2D eigenvalue weighted by molar-refractivity contribution is 5.89. The zero-order chi connectivity index (χ0) is 10.6. The largest absolute Gasteiger partial charge is 0.388 e. The number of amidine groups is 1. The van der Waals surface area contributed by atoms with Crippen molar-refractivity contribution >= 4 is 11.6 Å². The molecule has 1 unspecified atom stereocenters. The Morgan fingerprint density at radius 3 is 2.15 bits per heavy atom. The summed E-state index contributed by atoms with van der Waals surface area (Å²) in [5, 5.41) is 0. The number of ketones is 1. The summed E-state index contributed by atoms with van der Waals surface area (Å²) in [6.07, 6.45) is 0.747. The first kappa shape index (κ1) is 12.1. The molecule has 0 rings (SSSR count). The number of rotatable bonds is 4. The number of nitrogens with two attached hydrogens (primary N) is 1. The smallest absolute Gasteiger partial charge is 0.157 e. The number of carbonyl (C=O) groups is 1. The molecule has 0 aliphatic carbocycles. The number of carbonyl (C=O) groups excluding carboxylic acids is 1. The van der Waals surface area contributed by atoms with Crippen LogP contribution in [0.1, 0.15) is 41.0 Å². The van der Waals surface area contributed by atoms with Crippen LogP contribution in [0.15, 0.2) is 4.99 Å². The third-order valence-electron chi connectivity index (χ3n) is 1.99. The molecule has 0 radical (unpaired) electrons. The van der Waals surface area contributed by atoms with Crippen LogP contribution in [-0.4, -0.2) is 17.2 Å². The van der Waals surface area contributed by atoms with Crippen LogP contribution in [0.2, 0.25) is 0 Å². The van der Waals surface area contributed by atoms with E-state index in [-0.39, 0.29) is 5.78 Å². The van der Waals surface area contributed by atoms with Gasteiger partial charge in [-0.1, -0.05) is 13.8 Å². The van der Waals surface area contributed by atoms with Gasteiger partial charge in [-0.25, -0.2) is 0 Å². The van der Waals surface area contributed by atoms with Crippen LogP contribution in [0.25, 0.3) is 0 Å². The molecule has 3 nitrogen and oxygen atoms in total. The summed E-state index contributed by atoms with van der Waals surface area (Å²) < 4.78 is 0. The average molecular weight is 184 g/mol. The number of hydrogen-bond acceptors (Lipinski definition) is 2.